The van der Waals surface area contributed by atoms with Crippen LogP contribution >= 0.6 is 0 Å². The van der Waals surface area contributed by atoms with Crippen molar-refractivity contribution in [1.82, 2.24) is 4.90 Å². The molecule has 0 bridgehead atoms. The summed E-state index contributed by atoms with van der Waals surface area (Å²) >= 11 is 0. The first-order chi connectivity index (χ1) is 9.65. The minimum absolute atomic E-state index is 0.211. The van der Waals surface area contributed by atoms with Crippen molar-refractivity contribution in [1.29, 1.82) is 0 Å². The summed E-state index contributed by atoms with van der Waals surface area (Å²) in [6, 6.07) is 5.97. The highest BCUT2D eigenvalue weighted by Crippen LogP contribution is 2.24. The summed E-state index contributed by atoms with van der Waals surface area (Å²) in [7, 11) is 0. The number of nitrogens with zero attached hydrogens (tertiary/aromatic N) is 1. The lowest BCUT2D eigenvalue weighted by Gasteiger charge is -2.23. The van der Waals surface area contributed by atoms with E-state index in [1.54, 1.807) is 0 Å². The van der Waals surface area contributed by atoms with E-state index in [2.05, 4.69) is 18.7 Å². The van der Waals surface area contributed by atoms with E-state index in [1.807, 2.05) is 18.2 Å². The molecule has 0 aliphatic carbocycles. The largest absolute Gasteiger partial charge is 0.489 e. The van der Waals surface area contributed by atoms with Crippen molar-refractivity contribution in [3.63, 3.8) is 0 Å². The smallest absolute Gasteiger partial charge is 0.142 e. The molecule has 1 aliphatic heterocycles. The summed E-state index contributed by atoms with van der Waals surface area (Å²) in [6.07, 6.45) is 6.75. The van der Waals surface area contributed by atoms with Crippen LogP contribution in [0.2, 0.25) is 0 Å². The van der Waals surface area contributed by atoms with Gasteiger partial charge < -0.3 is 15.4 Å². The number of nitrogens with two attached hydrogens (primary N) is 1. The van der Waals surface area contributed by atoms with Crippen LogP contribution in [0.4, 0.5) is 5.69 Å². The molecule has 1 aromatic rings. The molecule has 1 saturated heterocycles. The Labute approximate surface area is 123 Å². The van der Waals surface area contributed by atoms with Gasteiger partial charge >= 0.3 is 0 Å². The molecule has 1 aliphatic rings. The Morgan fingerprint density at radius 1 is 1.20 bits per heavy atom. The summed E-state index contributed by atoms with van der Waals surface area (Å²) < 4.78 is 6.00. The van der Waals surface area contributed by atoms with Crippen LogP contribution in [0.25, 0.3) is 0 Å². The lowest BCUT2D eigenvalue weighted by molar-refractivity contribution is 0.178. The molecule has 112 valence electrons. The van der Waals surface area contributed by atoms with E-state index in [1.165, 1.54) is 44.3 Å². The fraction of sp³-hybridized carbons (Fsp3) is 0.647. The number of anilines is 1. The number of likely N-dealkylation sites (tertiary alicyclic amines) is 1. The fourth-order valence-corrected chi connectivity index (χ4v) is 2.74. The zero-order valence-electron chi connectivity index (χ0n) is 12.9. The van der Waals surface area contributed by atoms with Crippen LogP contribution in [-0.4, -0.2) is 30.6 Å². The number of hydrogen-bond donors (Lipinski definition) is 1. The number of benzene rings is 1. The first-order valence-corrected chi connectivity index (χ1v) is 7.90. The average molecular weight is 276 g/mol. The van der Waals surface area contributed by atoms with Gasteiger partial charge in [-0.3, -0.25) is 0 Å². The maximum Gasteiger partial charge on any atom is 0.142 e. The van der Waals surface area contributed by atoms with E-state index in [0.29, 0.717) is 0 Å². The number of nitrogen functional groups attached to an aromatic ring is 1. The first-order valence-electron chi connectivity index (χ1n) is 7.90. The molecule has 0 saturated carbocycles. The van der Waals surface area contributed by atoms with Crippen molar-refractivity contribution in [2.24, 2.45) is 0 Å². The van der Waals surface area contributed by atoms with E-state index >= 15 is 0 Å². The van der Waals surface area contributed by atoms with Gasteiger partial charge in [0.15, 0.2) is 0 Å². The van der Waals surface area contributed by atoms with Crippen LogP contribution in [0, 0.1) is 6.92 Å². The van der Waals surface area contributed by atoms with Crippen molar-refractivity contribution < 1.29 is 4.74 Å². The lowest BCUT2D eigenvalue weighted by atomic mass is 10.2. The molecule has 0 radical (unpaired) electrons. The van der Waals surface area contributed by atoms with Crippen molar-refractivity contribution in [2.45, 2.75) is 52.1 Å². The highest BCUT2D eigenvalue weighted by molar-refractivity contribution is 5.53. The topological polar surface area (TPSA) is 38.5 Å². The summed E-state index contributed by atoms with van der Waals surface area (Å²) in [5.74, 6) is 0.827. The maximum absolute atomic E-state index is 6.00. The van der Waals surface area contributed by atoms with E-state index in [0.717, 1.165) is 24.4 Å². The summed E-state index contributed by atoms with van der Waals surface area (Å²) in [6.45, 7) is 7.83. The molecule has 0 spiro atoms. The second-order valence-corrected chi connectivity index (χ2v) is 6.01. The molecule has 1 unspecified atom stereocenters. The van der Waals surface area contributed by atoms with Crippen molar-refractivity contribution in [3.8, 4) is 5.75 Å². The Balaban J connectivity index is 1.79. The Morgan fingerprint density at radius 2 is 1.90 bits per heavy atom. The molecule has 1 atom stereocenters. The van der Waals surface area contributed by atoms with E-state index in [9.17, 15) is 0 Å². The molecular formula is C17H28N2O. The molecule has 2 N–H and O–H groups in total. The van der Waals surface area contributed by atoms with Crippen molar-refractivity contribution in [2.75, 3.05) is 25.4 Å². The molecule has 0 amide bonds. The normalized spacial score (nSPS) is 18.5. The van der Waals surface area contributed by atoms with Gasteiger partial charge in [-0.15, -0.1) is 0 Å². The molecule has 1 heterocycles. The van der Waals surface area contributed by atoms with Gasteiger partial charge in [0.2, 0.25) is 0 Å². The van der Waals surface area contributed by atoms with Gasteiger partial charge in [0.25, 0.3) is 0 Å². The quantitative estimate of drug-likeness (QED) is 0.835. The van der Waals surface area contributed by atoms with E-state index in [-0.39, 0.29) is 6.10 Å². The van der Waals surface area contributed by atoms with Crippen molar-refractivity contribution >= 4 is 5.69 Å². The van der Waals surface area contributed by atoms with Gasteiger partial charge in [0, 0.05) is 6.54 Å². The minimum atomic E-state index is 0.211. The number of hydrogen-bond acceptors (Lipinski definition) is 3. The van der Waals surface area contributed by atoms with Crippen LogP contribution in [0.15, 0.2) is 18.2 Å². The molecule has 0 aromatic heterocycles. The average Bonchev–Trinajstić information content (AvgIpc) is 2.69. The summed E-state index contributed by atoms with van der Waals surface area (Å²) in [4.78, 5) is 2.58. The summed E-state index contributed by atoms with van der Waals surface area (Å²) in [5, 5.41) is 0. The van der Waals surface area contributed by atoms with Gasteiger partial charge in [0.1, 0.15) is 5.75 Å². The standard InChI is InChI=1S/C17H28N2O/c1-14-7-8-16(18)17(13-14)20-15(2)9-12-19-10-5-3-4-6-11-19/h7-8,13,15H,3-6,9-12,18H2,1-2H3. The van der Waals surface area contributed by atoms with Crippen molar-refractivity contribution in [3.05, 3.63) is 23.8 Å². The van der Waals surface area contributed by atoms with Gasteiger partial charge in [-0.05, 0) is 63.9 Å². The minimum Gasteiger partial charge on any atom is -0.489 e. The van der Waals surface area contributed by atoms with Crippen LogP contribution in [0.5, 0.6) is 5.75 Å². The predicted octanol–water partition coefficient (Wildman–Crippen LogP) is 3.61. The van der Waals surface area contributed by atoms with Gasteiger partial charge in [0.05, 0.1) is 11.8 Å². The summed E-state index contributed by atoms with van der Waals surface area (Å²) in [5.41, 5.74) is 7.88. The van der Waals surface area contributed by atoms with Crippen LogP contribution < -0.4 is 10.5 Å². The SMILES string of the molecule is Cc1ccc(N)c(OC(C)CCN2CCCCCC2)c1. The fourth-order valence-electron chi connectivity index (χ4n) is 2.74. The zero-order chi connectivity index (χ0) is 14.4. The zero-order valence-corrected chi connectivity index (χ0v) is 12.9. The van der Waals surface area contributed by atoms with Gasteiger partial charge in [-0.25, -0.2) is 0 Å². The second kappa shape index (κ2) is 7.53. The van der Waals surface area contributed by atoms with Crippen LogP contribution in [-0.2, 0) is 0 Å². The molecular weight excluding hydrogens is 248 g/mol. The Kier molecular flexibility index (Phi) is 5.72. The Hall–Kier alpha value is -1.22. The molecule has 3 heteroatoms. The molecule has 1 aromatic carbocycles. The molecule has 1 fully saturated rings. The predicted molar refractivity (Wildman–Crippen MR) is 85.2 cm³/mol. The van der Waals surface area contributed by atoms with E-state index < -0.39 is 0 Å². The van der Waals surface area contributed by atoms with Gasteiger partial charge in [-0.2, -0.15) is 0 Å². The highest BCUT2D eigenvalue weighted by atomic mass is 16.5. The number of rotatable bonds is 5. The van der Waals surface area contributed by atoms with E-state index in [4.69, 9.17) is 10.5 Å². The third-order valence-corrected chi connectivity index (χ3v) is 4.05. The lowest BCUT2D eigenvalue weighted by Crippen LogP contribution is -2.29. The Morgan fingerprint density at radius 3 is 2.60 bits per heavy atom. The van der Waals surface area contributed by atoms with Gasteiger partial charge in [-0.1, -0.05) is 18.9 Å². The molecule has 20 heavy (non-hydrogen) atoms. The third-order valence-electron chi connectivity index (χ3n) is 4.05. The van der Waals surface area contributed by atoms with Crippen LogP contribution in [0.1, 0.15) is 44.6 Å². The number of ether oxygens (including phenoxy) is 1. The van der Waals surface area contributed by atoms with Crippen LogP contribution in [0.3, 0.4) is 0 Å². The number of aryl methyl sites for hydroxylation is 1. The molecule has 2 rings (SSSR count). The molecule has 3 nitrogen and oxygen atoms in total. The highest BCUT2D eigenvalue weighted by Gasteiger charge is 2.12. The first kappa shape index (κ1) is 15.2. The third kappa shape index (κ3) is 4.71. The monoisotopic (exact) mass is 276 g/mol. The second-order valence-electron chi connectivity index (χ2n) is 6.01. The maximum atomic E-state index is 6.00. The Bertz CT molecular complexity index is 411.